The average molecular weight is 236 g/mol. The van der Waals surface area contributed by atoms with Gasteiger partial charge in [0.25, 0.3) is 5.69 Å². The Labute approximate surface area is 85.5 Å². The molecule has 9 heteroatoms. The van der Waals surface area contributed by atoms with Crippen molar-refractivity contribution in [3.63, 3.8) is 0 Å². The van der Waals surface area contributed by atoms with E-state index in [2.05, 4.69) is 4.98 Å². The highest BCUT2D eigenvalue weighted by molar-refractivity contribution is 5.86. The molecule has 0 unspecified atom stereocenters. The van der Waals surface area contributed by atoms with E-state index in [0.29, 0.717) is 6.07 Å². The first-order valence-corrected chi connectivity index (χ1v) is 3.69. The largest absolute Gasteiger partial charge is 0.477 e. The maximum absolute atomic E-state index is 12.2. The lowest BCUT2D eigenvalue weighted by Crippen LogP contribution is -2.12. The SMILES string of the molecule is O=C(O)c1cc([N+](=O)[O-])cc(C(F)(F)F)n1. The number of hydrogen-bond donors (Lipinski definition) is 1. The van der Waals surface area contributed by atoms with Crippen molar-refractivity contribution in [2.45, 2.75) is 6.18 Å². The lowest BCUT2D eigenvalue weighted by Gasteiger charge is -2.05. The van der Waals surface area contributed by atoms with Gasteiger partial charge in [0, 0.05) is 12.1 Å². The molecule has 6 nitrogen and oxygen atoms in total. The van der Waals surface area contributed by atoms with Gasteiger partial charge in [-0.05, 0) is 0 Å². The first kappa shape index (κ1) is 11.9. The van der Waals surface area contributed by atoms with Crippen molar-refractivity contribution in [3.05, 3.63) is 33.6 Å². The van der Waals surface area contributed by atoms with Crippen LogP contribution >= 0.6 is 0 Å². The summed E-state index contributed by atoms with van der Waals surface area (Å²) in [5.41, 5.74) is -3.61. The first-order valence-electron chi connectivity index (χ1n) is 3.69. The Morgan fingerprint density at radius 3 is 2.38 bits per heavy atom. The number of alkyl halides is 3. The molecule has 0 aliphatic rings. The molecule has 0 saturated heterocycles. The summed E-state index contributed by atoms with van der Waals surface area (Å²) in [5.74, 6) is -1.77. The molecule has 1 rings (SSSR count). The minimum absolute atomic E-state index is 0.173. The zero-order chi connectivity index (χ0) is 12.5. The molecule has 0 fully saturated rings. The van der Waals surface area contributed by atoms with Gasteiger partial charge in [-0.15, -0.1) is 0 Å². The van der Waals surface area contributed by atoms with E-state index in [0.717, 1.165) is 0 Å². The Kier molecular flexibility index (Phi) is 2.79. The smallest absolute Gasteiger partial charge is 0.433 e. The number of aromatic carboxylic acids is 1. The van der Waals surface area contributed by atoms with Crippen molar-refractivity contribution in [2.24, 2.45) is 0 Å². The highest BCUT2D eigenvalue weighted by Gasteiger charge is 2.35. The summed E-state index contributed by atoms with van der Waals surface area (Å²) in [6.07, 6.45) is -4.93. The quantitative estimate of drug-likeness (QED) is 0.623. The molecule has 0 atom stereocenters. The number of carbonyl (C=O) groups is 1. The molecule has 1 N–H and O–H groups in total. The fourth-order valence-electron chi connectivity index (χ4n) is 0.876. The van der Waals surface area contributed by atoms with Crippen LogP contribution in [-0.2, 0) is 6.18 Å². The number of nitro groups is 1. The van der Waals surface area contributed by atoms with Gasteiger partial charge in [0.1, 0.15) is 0 Å². The van der Waals surface area contributed by atoms with Gasteiger partial charge in [-0.25, -0.2) is 9.78 Å². The van der Waals surface area contributed by atoms with Crippen LogP contribution in [0.15, 0.2) is 12.1 Å². The summed E-state index contributed by atoms with van der Waals surface area (Å²) in [4.78, 5) is 22.3. The van der Waals surface area contributed by atoms with Crippen LogP contribution in [-0.4, -0.2) is 21.0 Å². The Bertz CT molecular complexity index is 425. The summed E-state index contributed by atoms with van der Waals surface area (Å²) < 4.78 is 36.6. The Morgan fingerprint density at radius 2 is 2.00 bits per heavy atom. The predicted octanol–water partition coefficient (Wildman–Crippen LogP) is 1.71. The summed E-state index contributed by atoms with van der Waals surface area (Å²) in [6.45, 7) is 0. The van der Waals surface area contributed by atoms with Crippen LogP contribution in [0.5, 0.6) is 0 Å². The lowest BCUT2D eigenvalue weighted by molar-refractivity contribution is -0.385. The number of nitrogens with zero attached hydrogens (tertiary/aromatic N) is 2. The lowest BCUT2D eigenvalue weighted by atomic mass is 10.2. The molecule has 0 amide bonds. The molecule has 1 aromatic heterocycles. The number of rotatable bonds is 2. The van der Waals surface area contributed by atoms with E-state index in [1.165, 1.54) is 0 Å². The van der Waals surface area contributed by atoms with E-state index >= 15 is 0 Å². The number of carboxylic acids is 1. The second-order valence-electron chi connectivity index (χ2n) is 2.66. The summed E-state index contributed by atoms with van der Waals surface area (Å²) in [5, 5.41) is 18.7. The molecule has 16 heavy (non-hydrogen) atoms. The van der Waals surface area contributed by atoms with Gasteiger partial charge >= 0.3 is 12.1 Å². The van der Waals surface area contributed by atoms with Crippen LogP contribution in [0.2, 0.25) is 0 Å². The number of pyridine rings is 1. The van der Waals surface area contributed by atoms with E-state index in [1.54, 1.807) is 0 Å². The second kappa shape index (κ2) is 3.76. The van der Waals surface area contributed by atoms with Gasteiger partial charge in [0.15, 0.2) is 11.4 Å². The molecule has 0 aliphatic carbocycles. The monoisotopic (exact) mass is 236 g/mol. The van der Waals surface area contributed by atoms with Gasteiger partial charge in [-0.1, -0.05) is 0 Å². The van der Waals surface area contributed by atoms with Crippen molar-refractivity contribution < 1.29 is 28.0 Å². The number of aromatic nitrogens is 1. The Morgan fingerprint density at radius 1 is 1.44 bits per heavy atom. The van der Waals surface area contributed by atoms with Gasteiger partial charge < -0.3 is 5.11 Å². The molecule has 0 bridgehead atoms. The zero-order valence-corrected chi connectivity index (χ0v) is 7.35. The molecule has 1 heterocycles. The predicted molar refractivity (Wildman–Crippen MR) is 42.9 cm³/mol. The fraction of sp³-hybridized carbons (Fsp3) is 0.143. The third kappa shape index (κ3) is 2.43. The first-order chi connectivity index (χ1) is 7.21. The Hall–Kier alpha value is -2.19. The van der Waals surface area contributed by atoms with Gasteiger partial charge in [-0.3, -0.25) is 10.1 Å². The molecule has 0 radical (unpaired) electrons. The highest BCUT2D eigenvalue weighted by Crippen LogP contribution is 2.30. The maximum atomic E-state index is 12.2. The van der Waals surface area contributed by atoms with E-state index in [-0.39, 0.29) is 6.07 Å². The third-order valence-electron chi connectivity index (χ3n) is 1.53. The van der Waals surface area contributed by atoms with E-state index < -0.39 is 34.1 Å². The van der Waals surface area contributed by atoms with Crippen molar-refractivity contribution in [2.75, 3.05) is 0 Å². The molecule has 86 valence electrons. The fourth-order valence-corrected chi connectivity index (χ4v) is 0.876. The summed E-state index contributed by atoms with van der Waals surface area (Å²) in [7, 11) is 0. The second-order valence-corrected chi connectivity index (χ2v) is 2.66. The molecular weight excluding hydrogens is 233 g/mol. The van der Waals surface area contributed by atoms with Crippen molar-refractivity contribution >= 4 is 11.7 Å². The van der Waals surface area contributed by atoms with Crippen molar-refractivity contribution in [3.8, 4) is 0 Å². The zero-order valence-electron chi connectivity index (χ0n) is 7.35. The van der Waals surface area contributed by atoms with Crippen LogP contribution in [0.3, 0.4) is 0 Å². The standard InChI is InChI=1S/C7H3F3N2O4/c8-7(9,10)5-2-3(12(15)16)1-4(11-5)6(13)14/h1-2H,(H,13,14). The minimum Gasteiger partial charge on any atom is -0.477 e. The van der Waals surface area contributed by atoms with E-state index in [9.17, 15) is 28.1 Å². The van der Waals surface area contributed by atoms with Crippen molar-refractivity contribution in [1.29, 1.82) is 0 Å². The minimum atomic E-state index is -4.93. The van der Waals surface area contributed by atoms with Gasteiger partial charge in [0.05, 0.1) is 4.92 Å². The normalized spacial score (nSPS) is 11.2. The highest BCUT2D eigenvalue weighted by atomic mass is 19.4. The van der Waals surface area contributed by atoms with Crippen LogP contribution in [0.4, 0.5) is 18.9 Å². The van der Waals surface area contributed by atoms with Gasteiger partial charge in [0.2, 0.25) is 0 Å². The molecular formula is C7H3F3N2O4. The molecule has 0 saturated carbocycles. The molecule has 0 aliphatic heterocycles. The molecule has 0 aromatic carbocycles. The van der Waals surface area contributed by atoms with Crippen LogP contribution in [0, 0.1) is 10.1 Å². The third-order valence-corrected chi connectivity index (χ3v) is 1.53. The number of carboxylic acid groups (broad SMARTS) is 1. The van der Waals surface area contributed by atoms with Crippen LogP contribution < -0.4 is 0 Å². The average Bonchev–Trinajstić information content (AvgIpc) is 2.15. The number of hydrogen-bond acceptors (Lipinski definition) is 4. The number of halogens is 3. The molecule has 0 spiro atoms. The Balaban J connectivity index is 3.42. The van der Waals surface area contributed by atoms with Crippen LogP contribution in [0.25, 0.3) is 0 Å². The van der Waals surface area contributed by atoms with Crippen molar-refractivity contribution in [1.82, 2.24) is 4.98 Å². The van der Waals surface area contributed by atoms with Gasteiger partial charge in [-0.2, -0.15) is 13.2 Å². The van der Waals surface area contributed by atoms with Crippen LogP contribution in [0.1, 0.15) is 16.2 Å². The summed E-state index contributed by atoms with van der Waals surface area (Å²) >= 11 is 0. The molecule has 1 aromatic rings. The topological polar surface area (TPSA) is 93.3 Å². The van der Waals surface area contributed by atoms with E-state index in [4.69, 9.17) is 5.11 Å². The summed E-state index contributed by atoms with van der Waals surface area (Å²) in [6, 6.07) is 0.629. The van der Waals surface area contributed by atoms with E-state index in [1.807, 2.05) is 0 Å². The maximum Gasteiger partial charge on any atom is 0.433 e.